The molecule has 0 unspecified atom stereocenters. The number of carbonyl (C=O) groups is 1. The van der Waals surface area contributed by atoms with Gasteiger partial charge in [0.1, 0.15) is 12.1 Å². The van der Waals surface area contributed by atoms with E-state index in [1.54, 1.807) is 25.6 Å². The first-order chi connectivity index (χ1) is 15.8. The van der Waals surface area contributed by atoms with Crippen molar-refractivity contribution in [1.29, 1.82) is 0 Å². The Kier molecular flexibility index (Phi) is 4.99. The molecule has 0 radical (unpaired) electrons. The van der Waals surface area contributed by atoms with Gasteiger partial charge in [0.25, 0.3) is 12.3 Å². The second kappa shape index (κ2) is 7.87. The molecule has 0 atom stereocenters. The van der Waals surface area contributed by atoms with Crippen LogP contribution in [0, 0.1) is 6.92 Å². The molecule has 4 aromatic rings. The summed E-state index contributed by atoms with van der Waals surface area (Å²) in [6.45, 7) is 1.13. The maximum atomic E-state index is 12.7. The van der Waals surface area contributed by atoms with E-state index >= 15 is 0 Å². The molecule has 0 aliphatic heterocycles. The summed E-state index contributed by atoms with van der Waals surface area (Å²) in [6.07, 6.45) is 5.83. The smallest absolute Gasteiger partial charge is 0.271 e. The molecule has 5 rings (SSSR count). The first-order valence-corrected chi connectivity index (χ1v) is 10.4. The number of imidazole rings is 1. The van der Waals surface area contributed by atoms with E-state index in [9.17, 15) is 13.6 Å². The molecule has 4 heterocycles. The van der Waals surface area contributed by atoms with Crippen LogP contribution in [0.2, 0.25) is 0 Å². The summed E-state index contributed by atoms with van der Waals surface area (Å²) in [6, 6.07) is 0. The van der Waals surface area contributed by atoms with Crippen molar-refractivity contribution in [1.82, 2.24) is 34.3 Å². The lowest BCUT2D eigenvalue weighted by Crippen LogP contribution is -2.18. The lowest BCUT2D eigenvalue weighted by Gasteiger charge is -2.14. The quantitative estimate of drug-likeness (QED) is 0.440. The third kappa shape index (κ3) is 3.88. The molecule has 0 spiro atoms. The Morgan fingerprint density at radius 1 is 1.30 bits per heavy atom. The van der Waals surface area contributed by atoms with Crippen molar-refractivity contribution in [2.75, 3.05) is 5.32 Å². The molecule has 33 heavy (non-hydrogen) atoms. The van der Waals surface area contributed by atoms with Crippen molar-refractivity contribution in [3.05, 3.63) is 42.0 Å². The van der Waals surface area contributed by atoms with Crippen molar-refractivity contribution in [2.24, 2.45) is 12.8 Å². The number of carbonyl (C=O) groups excluding carboxylic acids is 1. The number of amides is 1. The SMILES string of the molecule is Cc1nn(CC(F)F)cc1Nc1nc(C2CC2)c(-c2cncc3c2ncn3C)nc1C(N)=O. The van der Waals surface area contributed by atoms with Gasteiger partial charge >= 0.3 is 0 Å². The highest BCUT2D eigenvalue weighted by Crippen LogP contribution is 2.44. The Hall–Kier alpha value is -3.96. The molecule has 1 aliphatic rings. The standard InChI is InChI=1S/C21H21F2N9O/c1-10-13(7-32(30-10)8-15(22)23)27-21-19(20(24)33)28-18(16(29-21)11-3-4-11)12-5-25-6-14-17(12)26-9-31(14)2/h5-7,9,11,15H,3-4,8H2,1-2H3,(H2,24,33)(H,27,29). The molecule has 170 valence electrons. The number of rotatable bonds is 7. The molecule has 0 aromatic carbocycles. The minimum absolute atomic E-state index is 0.0663. The first-order valence-electron chi connectivity index (χ1n) is 10.4. The highest BCUT2D eigenvalue weighted by Gasteiger charge is 2.32. The average molecular weight is 453 g/mol. The summed E-state index contributed by atoms with van der Waals surface area (Å²) in [5.74, 6) is -0.432. The van der Waals surface area contributed by atoms with Crippen LogP contribution < -0.4 is 11.1 Å². The van der Waals surface area contributed by atoms with Crippen LogP contribution in [0.25, 0.3) is 22.3 Å². The van der Waals surface area contributed by atoms with Gasteiger partial charge in [-0.1, -0.05) is 0 Å². The van der Waals surface area contributed by atoms with Gasteiger partial charge in [-0.05, 0) is 19.8 Å². The second-order valence-electron chi connectivity index (χ2n) is 8.07. The van der Waals surface area contributed by atoms with Gasteiger partial charge in [0.05, 0.1) is 40.8 Å². The van der Waals surface area contributed by atoms with E-state index in [1.807, 2.05) is 11.6 Å². The number of alkyl halides is 2. The Balaban J connectivity index is 1.63. The Morgan fingerprint density at radius 2 is 2.09 bits per heavy atom. The normalized spacial score (nSPS) is 13.7. The van der Waals surface area contributed by atoms with E-state index in [-0.39, 0.29) is 17.4 Å². The number of nitrogens with two attached hydrogens (primary N) is 1. The first kappa shape index (κ1) is 20.9. The fourth-order valence-corrected chi connectivity index (χ4v) is 3.77. The molecule has 0 bridgehead atoms. The second-order valence-corrected chi connectivity index (χ2v) is 8.07. The summed E-state index contributed by atoms with van der Waals surface area (Å²) < 4.78 is 28.5. The highest BCUT2D eigenvalue weighted by atomic mass is 19.3. The van der Waals surface area contributed by atoms with E-state index < -0.39 is 18.9 Å². The largest absolute Gasteiger partial charge is 0.364 e. The fraction of sp³-hybridized carbons (Fsp3) is 0.333. The lowest BCUT2D eigenvalue weighted by atomic mass is 10.1. The number of nitrogens with one attached hydrogen (secondary N) is 1. The molecular weight excluding hydrogens is 432 g/mol. The van der Waals surface area contributed by atoms with Crippen molar-refractivity contribution in [2.45, 2.75) is 38.7 Å². The molecule has 3 N–H and O–H groups in total. The van der Waals surface area contributed by atoms with Gasteiger partial charge in [0, 0.05) is 30.9 Å². The number of fused-ring (bicyclic) bond motifs is 1. The van der Waals surface area contributed by atoms with Gasteiger partial charge in [-0.3, -0.25) is 14.5 Å². The molecule has 12 heteroatoms. The maximum absolute atomic E-state index is 12.7. The molecule has 1 saturated carbocycles. The number of hydrogen-bond donors (Lipinski definition) is 2. The Morgan fingerprint density at radius 3 is 2.79 bits per heavy atom. The monoisotopic (exact) mass is 453 g/mol. The zero-order valence-electron chi connectivity index (χ0n) is 18.0. The molecule has 10 nitrogen and oxygen atoms in total. The zero-order valence-corrected chi connectivity index (χ0v) is 18.0. The number of nitrogens with zero attached hydrogens (tertiary/aromatic N) is 7. The van der Waals surface area contributed by atoms with Crippen LogP contribution >= 0.6 is 0 Å². The van der Waals surface area contributed by atoms with Gasteiger partial charge in [-0.15, -0.1) is 0 Å². The van der Waals surface area contributed by atoms with Crippen molar-refractivity contribution in [3.63, 3.8) is 0 Å². The van der Waals surface area contributed by atoms with Crippen LogP contribution in [-0.2, 0) is 13.6 Å². The van der Waals surface area contributed by atoms with Crippen LogP contribution in [-0.4, -0.2) is 46.6 Å². The number of aryl methyl sites for hydroxylation is 2. The zero-order chi connectivity index (χ0) is 23.3. The molecule has 1 amide bonds. The van der Waals surface area contributed by atoms with Gasteiger partial charge in [0.15, 0.2) is 11.5 Å². The summed E-state index contributed by atoms with van der Waals surface area (Å²) in [5, 5.41) is 7.10. The third-order valence-corrected chi connectivity index (χ3v) is 5.54. The van der Waals surface area contributed by atoms with E-state index in [4.69, 9.17) is 10.7 Å². The number of primary amides is 1. The number of aromatic nitrogens is 7. The minimum Gasteiger partial charge on any atom is -0.364 e. The summed E-state index contributed by atoms with van der Waals surface area (Å²) in [4.78, 5) is 30.4. The van der Waals surface area contributed by atoms with E-state index in [0.29, 0.717) is 33.8 Å². The van der Waals surface area contributed by atoms with Gasteiger partial charge in [-0.2, -0.15) is 5.10 Å². The molecular formula is C21H21F2N9O. The van der Waals surface area contributed by atoms with Gasteiger partial charge in [0.2, 0.25) is 0 Å². The van der Waals surface area contributed by atoms with Crippen molar-refractivity contribution in [3.8, 4) is 11.3 Å². The van der Waals surface area contributed by atoms with Crippen LogP contribution in [0.1, 0.15) is 40.6 Å². The number of halogens is 2. The minimum atomic E-state index is -2.54. The third-order valence-electron chi connectivity index (χ3n) is 5.54. The topological polar surface area (TPSA) is 129 Å². The number of pyridine rings is 1. The summed E-state index contributed by atoms with van der Waals surface area (Å²) >= 11 is 0. The van der Waals surface area contributed by atoms with Crippen LogP contribution in [0.5, 0.6) is 0 Å². The van der Waals surface area contributed by atoms with E-state index in [2.05, 4.69) is 25.4 Å². The Labute approximate surface area is 186 Å². The summed E-state index contributed by atoms with van der Waals surface area (Å²) in [5.41, 5.74) is 9.90. The van der Waals surface area contributed by atoms with Crippen LogP contribution in [0.3, 0.4) is 0 Å². The molecule has 1 aliphatic carbocycles. The molecule has 4 aromatic heterocycles. The number of hydrogen-bond acceptors (Lipinski definition) is 7. The van der Waals surface area contributed by atoms with Crippen molar-refractivity contribution >= 4 is 28.4 Å². The van der Waals surface area contributed by atoms with Gasteiger partial charge in [-0.25, -0.2) is 23.7 Å². The van der Waals surface area contributed by atoms with Crippen LogP contribution in [0.4, 0.5) is 20.3 Å². The predicted octanol–water partition coefficient (Wildman–Crippen LogP) is 2.92. The maximum Gasteiger partial charge on any atom is 0.271 e. The van der Waals surface area contributed by atoms with E-state index in [0.717, 1.165) is 23.0 Å². The number of anilines is 2. The predicted molar refractivity (Wildman–Crippen MR) is 116 cm³/mol. The Bertz CT molecular complexity index is 1370. The lowest BCUT2D eigenvalue weighted by molar-refractivity contribution is 0.0996. The van der Waals surface area contributed by atoms with E-state index in [1.165, 1.54) is 6.20 Å². The van der Waals surface area contributed by atoms with Gasteiger partial charge < -0.3 is 15.6 Å². The molecule has 1 fully saturated rings. The molecule has 0 saturated heterocycles. The highest BCUT2D eigenvalue weighted by molar-refractivity contribution is 5.98. The van der Waals surface area contributed by atoms with Crippen LogP contribution in [0.15, 0.2) is 24.9 Å². The van der Waals surface area contributed by atoms with Crippen molar-refractivity contribution < 1.29 is 13.6 Å². The summed E-state index contributed by atoms with van der Waals surface area (Å²) in [7, 11) is 1.87. The average Bonchev–Trinajstić information content (AvgIpc) is 3.47. The fourth-order valence-electron chi connectivity index (χ4n) is 3.77.